The van der Waals surface area contributed by atoms with Gasteiger partial charge in [-0.2, -0.15) is 0 Å². The van der Waals surface area contributed by atoms with Crippen molar-refractivity contribution >= 4 is 11.8 Å². The molecule has 0 atom stereocenters. The monoisotopic (exact) mass is 263 g/mol. The number of aryl methyl sites for hydroxylation is 1. The molecular weight excluding hydrogens is 242 g/mol. The molecule has 1 heterocycles. The van der Waals surface area contributed by atoms with E-state index in [9.17, 15) is 0 Å². The minimum atomic E-state index is 0.0224. The summed E-state index contributed by atoms with van der Waals surface area (Å²) in [5.41, 5.74) is 6.91. The Morgan fingerprint density at radius 1 is 1.47 bits per heavy atom. The molecule has 6 heteroatoms. The summed E-state index contributed by atoms with van der Waals surface area (Å²) in [7, 11) is 0. The van der Waals surface area contributed by atoms with Gasteiger partial charge in [0.05, 0.1) is 0 Å². The highest BCUT2D eigenvalue weighted by Gasteiger charge is 2.24. The molecule has 0 bridgehead atoms. The second kappa shape index (κ2) is 5.86. The summed E-state index contributed by atoms with van der Waals surface area (Å²) in [6.07, 6.45) is 4.90. The number of hydrogen-bond acceptors (Lipinski definition) is 5. The molecule has 1 aliphatic carbocycles. The molecule has 0 amide bonds. The van der Waals surface area contributed by atoms with E-state index in [0.29, 0.717) is 17.7 Å². The third kappa shape index (κ3) is 2.94. The van der Waals surface area contributed by atoms with E-state index in [4.69, 9.17) is 10.9 Å². The number of nitrogens with two attached hydrogens (primary N) is 1. The number of amidine groups is 1. The summed E-state index contributed by atoms with van der Waals surface area (Å²) in [6, 6.07) is 2.23. The molecule has 2 rings (SSSR count). The Hall–Kier alpha value is -1.85. The zero-order valence-corrected chi connectivity index (χ0v) is 11.5. The molecule has 19 heavy (non-hydrogen) atoms. The number of rotatable bonds is 4. The Kier molecular flexibility index (Phi) is 4.19. The molecule has 0 spiro atoms. The molecule has 1 aromatic rings. The zero-order chi connectivity index (χ0) is 13.8. The van der Waals surface area contributed by atoms with Gasteiger partial charge in [0.25, 0.3) is 0 Å². The lowest BCUT2D eigenvalue weighted by Crippen LogP contribution is -2.35. The summed E-state index contributed by atoms with van der Waals surface area (Å²) in [5.74, 6) is 0.699. The summed E-state index contributed by atoms with van der Waals surface area (Å²) in [6.45, 7) is 4.86. The number of hydrogen-bond donors (Lipinski definition) is 2. The van der Waals surface area contributed by atoms with Crippen molar-refractivity contribution in [1.29, 1.82) is 0 Å². The molecule has 3 N–H and O–H groups in total. The molecule has 0 radical (unpaired) electrons. The largest absolute Gasteiger partial charge is 0.409 e. The van der Waals surface area contributed by atoms with Crippen LogP contribution in [0.15, 0.2) is 11.2 Å². The summed E-state index contributed by atoms with van der Waals surface area (Å²) in [4.78, 5) is 11.1. The van der Waals surface area contributed by atoms with Crippen LogP contribution in [0, 0.1) is 6.92 Å². The third-order valence-electron chi connectivity index (χ3n) is 3.58. The number of aromatic nitrogens is 2. The lowest BCUT2D eigenvalue weighted by atomic mass is 10.2. The van der Waals surface area contributed by atoms with E-state index < -0.39 is 0 Å². The predicted octanol–water partition coefficient (Wildman–Crippen LogP) is 1.65. The maximum Gasteiger partial charge on any atom is 0.226 e. The fourth-order valence-electron chi connectivity index (χ4n) is 2.64. The van der Waals surface area contributed by atoms with Crippen LogP contribution in [0.25, 0.3) is 0 Å². The van der Waals surface area contributed by atoms with Crippen LogP contribution in [0.2, 0.25) is 0 Å². The van der Waals surface area contributed by atoms with Gasteiger partial charge >= 0.3 is 0 Å². The van der Waals surface area contributed by atoms with E-state index in [1.54, 1.807) is 6.07 Å². The topological polar surface area (TPSA) is 87.6 Å². The van der Waals surface area contributed by atoms with E-state index in [1.165, 1.54) is 25.7 Å². The van der Waals surface area contributed by atoms with Crippen molar-refractivity contribution in [2.45, 2.75) is 45.6 Å². The molecule has 0 saturated heterocycles. The molecule has 0 aliphatic heterocycles. The van der Waals surface area contributed by atoms with E-state index in [1.807, 2.05) is 6.92 Å². The molecule has 0 unspecified atom stereocenters. The highest BCUT2D eigenvalue weighted by molar-refractivity contribution is 5.95. The summed E-state index contributed by atoms with van der Waals surface area (Å²) >= 11 is 0. The molecule has 1 aromatic heterocycles. The first-order valence-corrected chi connectivity index (χ1v) is 6.76. The Balaban J connectivity index is 2.34. The lowest BCUT2D eigenvalue weighted by molar-refractivity contribution is 0.318. The molecule has 0 aromatic carbocycles. The highest BCUT2D eigenvalue weighted by atomic mass is 16.4. The van der Waals surface area contributed by atoms with Crippen molar-refractivity contribution in [3.8, 4) is 0 Å². The van der Waals surface area contributed by atoms with Gasteiger partial charge in [0.1, 0.15) is 5.69 Å². The number of nitrogens with zero attached hydrogens (tertiary/aromatic N) is 4. The average Bonchev–Trinajstić information content (AvgIpc) is 2.92. The van der Waals surface area contributed by atoms with Gasteiger partial charge in [-0.05, 0) is 32.8 Å². The van der Waals surface area contributed by atoms with E-state index in [-0.39, 0.29) is 5.84 Å². The fraction of sp³-hybridized carbons (Fsp3) is 0.615. The van der Waals surface area contributed by atoms with Crippen molar-refractivity contribution in [3.63, 3.8) is 0 Å². The van der Waals surface area contributed by atoms with Gasteiger partial charge in [-0.1, -0.05) is 18.0 Å². The molecule has 104 valence electrons. The quantitative estimate of drug-likeness (QED) is 0.373. The van der Waals surface area contributed by atoms with Crippen LogP contribution in [-0.2, 0) is 0 Å². The minimum Gasteiger partial charge on any atom is -0.409 e. The number of anilines is 1. The SMILES string of the molecule is CCN(c1nc(C)cc(/C(N)=N/O)n1)C1CCCC1. The van der Waals surface area contributed by atoms with Crippen LogP contribution < -0.4 is 10.6 Å². The first-order valence-electron chi connectivity index (χ1n) is 6.76. The van der Waals surface area contributed by atoms with Gasteiger partial charge < -0.3 is 15.8 Å². The first kappa shape index (κ1) is 13.6. The summed E-state index contributed by atoms with van der Waals surface area (Å²) < 4.78 is 0. The summed E-state index contributed by atoms with van der Waals surface area (Å²) in [5, 5.41) is 11.8. The average molecular weight is 263 g/mol. The maximum absolute atomic E-state index is 8.77. The van der Waals surface area contributed by atoms with Crippen LogP contribution >= 0.6 is 0 Å². The van der Waals surface area contributed by atoms with Gasteiger partial charge in [0, 0.05) is 18.3 Å². The van der Waals surface area contributed by atoms with Crippen molar-refractivity contribution in [1.82, 2.24) is 9.97 Å². The predicted molar refractivity (Wildman–Crippen MR) is 74.6 cm³/mol. The minimum absolute atomic E-state index is 0.0224. The van der Waals surface area contributed by atoms with E-state index >= 15 is 0 Å². The molecular formula is C13H21N5O. The second-order valence-corrected chi connectivity index (χ2v) is 4.90. The van der Waals surface area contributed by atoms with Gasteiger partial charge in [0.15, 0.2) is 5.84 Å². The van der Waals surface area contributed by atoms with Gasteiger partial charge in [0.2, 0.25) is 5.95 Å². The highest BCUT2D eigenvalue weighted by Crippen LogP contribution is 2.26. The van der Waals surface area contributed by atoms with Gasteiger partial charge in [-0.3, -0.25) is 0 Å². The standard InChI is InChI=1S/C13H21N5O/c1-3-18(10-6-4-5-7-10)13-15-9(2)8-11(16-13)12(14)17-19/h8,10,19H,3-7H2,1-2H3,(H2,14,17). The fourth-order valence-corrected chi connectivity index (χ4v) is 2.64. The second-order valence-electron chi connectivity index (χ2n) is 4.90. The Labute approximate surface area is 113 Å². The lowest BCUT2D eigenvalue weighted by Gasteiger charge is -2.28. The molecule has 1 aliphatic rings. The zero-order valence-electron chi connectivity index (χ0n) is 11.5. The van der Waals surface area contributed by atoms with Crippen molar-refractivity contribution < 1.29 is 5.21 Å². The van der Waals surface area contributed by atoms with Crippen LogP contribution in [-0.4, -0.2) is 33.6 Å². The Bertz CT molecular complexity index is 468. The Morgan fingerprint density at radius 2 is 2.16 bits per heavy atom. The molecule has 1 fully saturated rings. The third-order valence-corrected chi connectivity index (χ3v) is 3.58. The molecule has 1 saturated carbocycles. The Morgan fingerprint density at radius 3 is 2.74 bits per heavy atom. The normalized spacial score (nSPS) is 16.8. The van der Waals surface area contributed by atoms with Gasteiger partial charge in [-0.25, -0.2) is 9.97 Å². The van der Waals surface area contributed by atoms with Crippen LogP contribution in [0.5, 0.6) is 0 Å². The van der Waals surface area contributed by atoms with Crippen molar-refractivity contribution in [3.05, 3.63) is 17.5 Å². The molecule has 6 nitrogen and oxygen atoms in total. The van der Waals surface area contributed by atoms with E-state index in [2.05, 4.69) is 26.9 Å². The number of oxime groups is 1. The van der Waals surface area contributed by atoms with Crippen molar-refractivity contribution in [2.75, 3.05) is 11.4 Å². The van der Waals surface area contributed by atoms with Crippen molar-refractivity contribution in [2.24, 2.45) is 10.9 Å². The van der Waals surface area contributed by atoms with Crippen LogP contribution in [0.1, 0.15) is 44.0 Å². The van der Waals surface area contributed by atoms with E-state index in [0.717, 1.165) is 12.2 Å². The smallest absolute Gasteiger partial charge is 0.226 e. The van der Waals surface area contributed by atoms with Crippen LogP contribution in [0.4, 0.5) is 5.95 Å². The van der Waals surface area contributed by atoms with Crippen LogP contribution in [0.3, 0.4) is 0 Å². The van der Waals surface area contributed by atoms with Gasteiger partial charge in [-0.15, -0.1) is 0 Å². The first-order chi connectivity index (χ1) is 9.15. The maximum atomic E-state index is 8.77.